The van der Waals surface area contributed by atoms with Crippen molar-refractivity contribution in [1.82, 2.24) is 0 Å². The highest BCUT2D eigenvalue weighted by Gasteiger charge is 2.18. The first kappa shape index (κ1) is 20.0. The predicted octanol–water partition coefficient (Wildman–Crippen LogP) is 4.93. The van der Waals surface area contributed by atoms with Gasteiger partial charge in [-0.3, -0.25) is 9.59 Å². The quantitative estimate of drug-likeness (QED) is 0.485. The van der Waals surface area contributed by atoms with Gasteiger partial charge in [0.05, 0.1) is 19.1 Å². The van der Waals surface area contributed by atoms with E-state index in [9.17, 15) is 9.59 Å². The lowest BCUT2D eigenvalue weighted by molar-refractivity contribution is -0.144. The van der Waals surface area contributed by atoms with E-state index in [1.807, 2.05) is 13.8 Å². The summed E-state index contributed by atoms with van der Waals surface area (Å²) >= 11 is 5.85. The van der Waals surface area contributed by atoms with E-state index in [1.54, 1.807) is 55.5 Å². The highest BCUT2D eigenvalue weighted by Crippen LogP contribution is 2.21. The summed E-state index contributed by atoms with van der Waals surface area (Å²) < 4.78 is 10.8. The molecule has 5 heteroatoms. The molecule has 2 unspecified atom stereocenters. The zero-order valence-electron chi connectivity index (χ0n) is 15.2. The van der Waals surface area contributed by atoms with Crippen molar-refractivity contribution in [2.24, 2.45) is 5.92 Å². The Bertz CT molecular complexity index is 738. The van der Waals surface area contributed by atoms with Crippen molar-refractivity contribution in [3.05, 3.63) is 64.7 Å². The summed E-state index contributed by atoms with van der Waals surface area (Å²) in [4.78, 5) is 24.0. The molecular formula is C21H23ClO4. The number of hydrogen-bond donors (Lipinski definition) is 0. The second-order valence-corrected chi connectivity index (χ2v) is 6.61. The maximum atomic E-state index is 12.4. The molecule has 4 nitrogen and oxygen atoms in total. The molecule has 26 heavy (non-hydrogen) atoms. The van der Waals surface area contributed by atoms with Crippen molar-refractivity contribution in [1.29, 1.82) is 0 Å². The van der Waals surface area contributed by atoms with Gasteiger partial charge in [0.15, 0.2) is 5.78 Å². The van der Waals surface area contributed by atoms with Gasteiger partial charge in [0.2, 0.25) is 0 Å². The van der Waals surface area contributed by atoms with Crippen LogP contribution in [0.2, 0.25) is 5.02 Å². The van der Waals surface area contributed by atoms with Crippen molar-refractivity contribution < 1.29 is 19.1 Å². The maximum absolute atomic E-state index is 12.4. The average Bonchev–Trinajstić information content (AvgIpc) is 2.62. The van der Waals surface area contributed by atoms with Gasteiger partial charge < -0.3 is 9.47 Å². The molecule has 0 amide bonds. The number of halogens is 1. The molecule has 2 aromatic rings. The molecule has 0 fully saturated rings. The van der Waals surface area contributed by atoms with E-state index in [0.717, 1.165) is 0 Å². The van der Waals surface area contributed by atoms with E-state index in [2.05, 4.69) is 0 Å². The Kier molecular flexibility index (Phi) is 7.22. The fraction of sp³-hybridized carbons (Fsp3) is 0.333. The van der Waals surface area contributed by atoms with Crippen LogP contribution in [-0.4, -0.2) is 24.5 Å². The van der Waals surface area contributed by atoms with Gasteiger partial charge in [-0.2, -0.15) is 0 Å². The van der Waals surface area contributed by atoms with E-state index in [0.29, 0.717) is 34.9 Å². The van der Waals surface area contributed by atoms with Crippen LogP contribution in [0.1, 0.15) is 43.1 Å². The van der Waals surface area contributed by atoms with E-state index in [-0.39, 0.29) is 23.8 Å². The third-order valence-corrected chi connectivity index (χ3v) is 4.39. The average molecular weight is 375 g/mol. The lowest BCUT2D eigenvalue weighted by Gasteiger charge is -2.21. The van der Waals surface area contributed by atoms with Crippen LogP contribution >= 0.6 is 11.6 Å². The minimum atomic E-state index is -0.223. The molecule has 0 spiro atoms. The number of ketones is 1. The zero-order chi connectivity index (χ0) is 19.1. The molecule has 0 aromatic heterocycles. The number of hydrogen-bond acceptors (Lipinski definition) is 4. The summed E-state index contributed by atoms with van der Waals surface area (Å²) in [5.74, 6) is 0.376. The van der Waals surface area contributed by atoms with Crippen LogP contribution in [-0.2, 0) is 9.53 Å². The van der Waals surface area contributed by atoms with Crippen molar-refractivity contribution in [2.45, 2.75) is 33.3 Å². The third kappa shape index (κ3) is 5.60. The molecule has 0 aliphatic rings. The van der Waals surface area contributed by atoms with E-state index in [4.69, 9.17) is 21.1 Å². The van der Waals surface area contributed by atoms with Crippen LogP contribution in [0.3, 0.4) is 0 Å². The van der Waals surface area contributed by atoms with Crippen molar-refractivity contribution >= 4 is 23.4 Å². The van der Waals surface area contributed by atoms with E-state index in [1.165, 1.54) is 0 Å². The first-order valence-corrected chi connectivity index (χ1v) is 9.01. The normalized spacial score (nSPS) is 12.9. The first-order chi connectivity index (χ1) is 12.4. The molecule has 0 aliphatic carbocycles. The van der Waals surface area contributed by atoms with Crippen molar-refractivity contribution in [3.63, 3.8) is 0 Å². The van der Waals surface area contributed by atoms with Crippen LogP contribution in [0.25, 0.3) is 0 Å². The first-order valence-electron chi connectivity index (χ1n) is 8.63. The molecule has 0 heterocycles. The molecule has 0 radical (unpaired) electrons. The van der Waals surface area contributed by atoms with Crippen LogP contribution in [0, 0.1) is 5.92 Å². The third-order valence-electron chi connectivity index (χ3n) is 4.14. The minimum absolute atomic E-state index is 0.0180. The highest BCUT2D eigenvalue weighted by molar-refractivity contribution is 6.30. The lowest BCUT2D eigenvalue weighted by Crippen LogP contribution is -2.24. The summed E-state index contributed by atoms with van der Waals surface area (Å²) in [5.41, 5.74) is 1.16. The Hall–Kier alpha value is -2.33. The van der Waals surface area contributed by atoms with Crippen LogP contribution in [0.5, 0.6) is 5.75 Å². The number of ether oxygens (including phenoxy) is 2. The Labute approximate surface area is 159 Å². The molecule has 0 saturated heterocycles. The summed E-state index contributed by atoms with van der Waals surface area (Å²) in [6.07, 6.45) is 0.152. The molecule has 2 rings (SSSR count). The number of carbonyl (C=O) groups excluding carboxylic acids is 2. The molecule has 2 aromatic carbocycles. The number of esters is 1. The summed E-state index contributed by atoms with van der Waals surface area (Å²) in [7, 11) is 0. The van der Waals surface area contributed by atoms with Gasteiger partial charge in [0.25, 0.3) is 0 Å². The maximum Gasteiger partial charge on any atom is 0.306 e. The monoisotopic (exact) mass is 374 g/mol. The number of carbonyl (C=O) groups is 2. The zero-order valence-corrected chi connectivity index (χ0v) is 16.0. The Morgan fingerprint density at radius 1 is 0.962 bits per heavy atom. The smallest absolute Gasteiger partial charge is 0.306 e. The topological polar surface area (TPSA) is 52.6 Å². The predicted molar refractivity (Wildman–Crippen MR) is 102 cm³/mol. The van der Waals surface area contributed by atoms with Gasteiger partial charge >= 0.3 is 5.97 Å². The molecular weight excluding hydrogens is 352 g/mol. The minimum Gasteiger partial charge on any atom is -0.490 e. The van der Waals surface area contributed by atoms with Gasteiger partial charge in [-0.05, 0) is 62.4 Å². The second-order valence-electron chi connectivity index (χ2n) is 6.17. The fourth-order valence-electron chi connectivity index (χ4n) is 2.43. The van der Waals surface area contributed by atoms with Gasteiger partial charge in [0, 0.05) is 22.1 Å². The lowest BCUT2D eigenvalue weighted by atomic mass is 10.0. The highest BCUT2D eigenvalue weighted by atomic mass is 35.5. The van der Waals surface area contributed by atoms with Crippen LogP contribution < -0.4 is 4.74 Å². The van der Waals surface area contributed by atoms with Gasteiger partial charge in [-0.25, -0.2) is 0 Å². The van der Waals surface area contributed by atoms with Crippen LogP contribution in [0.15, 0.2) is 48.5 Å². The fourth-order valence-corrected chi connectivity index (χ4v) is 2.56. The van der Waals surface area contributed by atoms with Crippen molar-refractivity contribution in [2.75, 3.05) is 6.61 Å². The summed E-state index contributed by atoms with van der Waals surface area (Å²) in [5, 5.41) is 0.594. The van der Waals surface area contributed by atoms with Gasteiger partial charge in [0.1, 0.15) is 5.75 Å². The molecule has 0 bridgehead atoms. The second kappa shape index (κ2) is 9.39. The van der Waals surface area contributed by atoms with E-state index >= 15 is 0 Å². The van der Waals surface area contributed by atoms with Crippen LogP contribution in [0.4, 0.5) is 0 Å². The standard InChI is InChI=1S/C21H23ClO4/c1-4-25-20(23)13-14(2)15(3)26-19-11-7-17(8-12-19)21(24)16-5-9-18(22)10-6-16/h5-12,14-15H,4,13H2,1-3H3. The molecule has 138 valence electrons. The summed E-state index contributed by atoms with van der Waals surface area (Å²) in [6, 6.07) is 13.8. The summed E-state index contributed by atoms with van der Waals surface area (Å²) in [6.45, 7) is 6.02. The molecule has 0 N–H and O–H groups in total. The Morgan fingerprint density at radius 2 is 1.50 bits per heavy atom. The molecule has 0 saturated carbocycles. The largest absolute Gasteiger partial charge is 0.490 e. The molecule has 0 aliphatic heterocycles. The van der Waals surface area contributed by atoms with Crippen molar-refractivity contribution in [3.8, 4) is 5.75 Å². The number of rotatable bonds is 8. The van der Waals surface area contributed by atoms with Gasteiger partial charge in [-0.1, -0.05) is 18.5 Å². The SMILES string of the molecule is CCOC(=O)CC(C)C(C)Oc1ccc(C(=O)c2ccc(Cl)cc2)cc1. The Balaban J connectivity index is 1.97. The Morgan fingerprint density at radius 3 is 2.04 bits per heavy atom. The number of benzene rings is 2. The molecule has 2 atom stereocenters. The van der Waals surface area contributed by atoms with E-state index < -0.39 is 0 Å². The van der Waals surface area contributed by atoms with Gasteiger partial charge in [-0.15, -0.1) is 0 Å².